The van der Waals surface area contributed by atoms with E-state index >= 15 is 0 Å². The van der Waals surface area contributed by atoms with Gasteiger partial charge in [0.2, 0.25) is 5.91 Å². The van der Waals surface area contributed by atoms with E-state index in [0.29, 0.717) is 10.1 Å². The van der Waals surface area contributed by atoms with Gasteiger partial charge in [0, 0.05) is 24.7 Å². The van der Waals surface area contributed by atoms with Crippen molar-refractivity contribution in [3.05, 3.63) is 21.3 Å². The van der Waals surface area contributed by atoms with Crippen LogP contribution in [0.4, 0.5) is 0 Å². The number of carbonyl (C=O) groups is 3. The SMILES string of the molecule is CN(C)C(=O)CNC(=O)COC(=O)CSCc1ccc(Cl)s1. The van der Waals surface area contributed by atoms with Crippen LogP contribution in [0.3, 0.4) is 0 Å². The van der Waals surface area contributed by atoms with Gasteiger partial charge in [-0.15, -0.1) is 23.1 Å². The Hall–Kier alpha value is -1.25. The summed E-state index contributed by atoms with van der Waals surface area (Å²) in [7, 11) is 3.18. The lowest BCUT2D eigenvalue weighted by molar-refractivity contribution is -0.146. The first-order valence-electron chi connectivity index (χ1n) is 6.33. The summed E-state index contributed by atoms with van der Waals surface area (Å²) in [6.07, 6.45) is 0. The van der Waals surface area contributed by atoms with Gasteiger partial charge in [-0.1, -0.05) is 11.6 Å². The number of hydrogen-bond acceptors (Lipinski definition) is 6. The first-order chi connectivity index (χ1) is 10.4. The first kappa shape index (κ1) is 18.8. The summed E-state index contributed by atoms with van der Waals surface area (Å²) in [4.78, 5) is 36.5. The van der Waals surface area contributed by atoms with Gasteiger partial charge in [0.1, 0.15) is 0 Å². The van der Waals surface area contributed by atoms with Crippen LogP contribution in [-0.4, -0.2) is 55.7 Å². The highest BCUT2D eigenvalue weighted by Gasteiger charge is 2.10. The zero-order valence-electron chi connectivity index (χ0n) is 12.3. The van der Waals surface area contributed by atoms with Gasteiger partial charge in [-0.25, -0.2) is 0 Å². The number of thioether (sulfide) groups is 1. The van der Waals surface area contributed by atoms with Crippen molar-refractivity contribution >= 4 is 52.5 Å². The summed E-state index contributed by atoms with van der Waals surface area (Å²) < 4.78 is 5.53. The Balaban J connectivity index is 2.12. The zero-order chi connectivity index (χ0) is 16.5. The highest BCUT2D eigenvalue weighted by molar-refractivity contribution is 7.99. The molecule has 1 aromatic rings. The summed E-state index contributed by atoms with van der Waals surface area (Å²) in [6.45, 7) is -0.498. The number of ether oxygens (including phenoxy) is 1. The van der Waals surface area contributed by atoms with Crippen molar-refractivity contribution in [1.29, 1.82) is 0 Å². The second-order valence-corrected chi connectivity index (χ2v) is 7.21. The molecular weight excluding hydrogens is 348 g/mol. The molecule has 0 aromatic carbocycles. The minimum atomic E-state index is -0.501. The summed E-state index contributed by atoms with van der Waals surface area (Å²) in [6, 6.07) is 3.71. The standard InChI is InChI=1S/C13H17ClN2O4S2/c1-16(2)12(18)5-15-11(17)6-20-13(19)8-21-7-9-3-4-10(14)22-9/h3-4H,5-8H2,1-2H3,(H,15,17). The molecule has 0 atom stereocenters. The van der Waals surface area contributed by atoms with E-state index in [4.69, 9.17) is 16.3 Å². The van der Waals surface area contributed by atoms with E-state index in [0.717, 1.165) is 4.88 Å². The molecule has 2 amide bonds. The highest BCUT2D eigenvalue weighted by atomic mass is 35.5. The second kappa shape index (κ2) is 9.70. The van der Waals surface area contributed by atoms with Gasteiger partial charge in [-0.2, -0.15) is 0 Å². The minimum Gasteiger partial charge on any atom is -0.455 e. The molecule has 0 saturated carbocycles. The van der Waals surface area contributed by atoms with Crippen molar-refractivity contribution < 1.29 is 19.1 Å². The van der Waals surface area contributed by atoms with E-state index in [1.807, 2.05) is 6.07 Å². The summed E-state index contributed by atoms with van der Waals surface area (Å²) in [5.41, 5.74) is 0. The molecule has 0 saturated heterocycles. The molecule has 1 rings (SSSR count). The van der Waals surface area contributed by atoms with Crippen molar-refractivity contribution in [2.24, 2.45) is 0 Å². The molecule has 1 heterocycles. The van der Waals surface area contributed by atoms with Crippen molar-refractivity contribution in [3.8, 4) is 0 Å². The van der Waals surface area contributed by atoms with Crippen LogP contribution < -0.4 is 5.32 Å². The lowest BCUT2D eigenvalue weighted by Gasteiger charge is -2.11. The van der Waals surface area contributed by atoms with Crippen LogP contribution in [0.1, 0.15) is 4.88 Å². The molecule has 0 aliphatic carbocycles. The number of carbonyl (C=O) groups excluding carboxylic acids is 3. The molecule has 0 unspecified atom stereocenters. The predicted octanol–water partition coefficient (Wildman–Crippen LogP) is 1.38. The number of amides is 2. The Bertz CT molecular complexity index is 534. The van der Waals surface area contributed by atoms with Crippen molar-refractivity contribution in [2.75, 3.05) is 33.0 Å². The smallest absolute Gasteiger partial charge is 0.316 e. The molecular formula is C13H17ClN2O4S2. The fourth-order valence-electron chi connectivity index (χ4n) is 1.24. The van der Waals surface area contributed by atoms with Gasteiger partial charge >= 0.3 is 5.97 Å². The van der Waals surface area contributed by atoms with Crippen molar-refractivity contribution in [1.82, 2.24) is 10.2 Å². The minimum absolute atomic E-state index is 0.114. The molecule has 0 aliphatic heterocycles. The Kier molecular flexibility index (Phi) is 8.29. The average molecular weight is 365 g/mol. The lowest BCUT2D eigenvalue weighted by Crippen LogP contribution is -2.38. The number of nitrogens with one attached hydrogen (secondary N) is 1. The second-order valence-electron chi connectivity index (χ2n) is 4.42. The third-order valence-corrected chi connectivity index (χ3v) is 4.76. The number of nitrogens with zero attached hydrogens (tertiary/aromatic N) is 1. The highest BCUT2D eigenvalue weighted by Crippen LogP contribution is 2.25. The van der Waals surface area contributed by atoms with Gasteiger partial charge in [0.05, 0.1) is 16.6 Å². The first-order valence-corrected chi connectivity index (χ1v) is 8.68. The Morgan fingerprint density at radius 1 is 1.36 bits per heavy atom. The molecule has 0 bridgehead atoms. The average Bonchev–Trinajstić information content (AvgIpc) is 2.87. The Labute approximate surface area is 142 Å². The predicted molar refractivity (Wildman–Crippen MR) is 88.2 cm³/mol. The fourth-order valence-corrected chi connectivity index (χ4v) is 3.25. The molecule has 6 nitrogen and oxygen atoms in total. The maximum absolute atomic E-state index is 11.5. The van der Waals surface area contributed by atoms with Gasteiger partial charge < -0.3 is 15.0 Å². The summed E-state index contributed by atoms with van der Waals surface area (Å²) >= 11 is 8.65. The lowest BCUT2D eigenvalue weighted by atomic mass is 10.5. The van der Waals surface area contributed by atoms with Crippen LogP contribution in [-0.2, 0) is 24.9 Å². The number of likely N-dealkylation sites (N-methyl/N-ethyl adjacent to an activating group) is 1. The number of esters is 1. The van der Waals surface area contributed by atoms with E-state index in [1.165, 1.54) is 28.0 Å². The largest absolute Gasteiger partial charge is 0.455 e. The Morgan fingerprint density at radius 3 is 2.68 bits per heavy atom. The van der Waals surface area contributed by atoms with E-state index in [-0.39, 0.29) is 24.8 Å². The van der Waals surface area contributed by atoms with Crippen LogP contribution in [0.25, 0.3) is 0 Å². The fraction of sp³-hybridized carbons (Fsp3) is 0.462. The molecule has 0 radical (unpaired) electrons. The molecule has 9 heteroatoms. The monoisotopic (exact) mass is 364 g/mol. The molecule has 0 spiro atoms. The molecule has 0 aliphatic rings. The Morgan fingerprint density at radius 2 is 2.09 bits per heavy atom. The molecule has 1 aromatic heterocycles. The quantitative estimate of drug-likeness (QED) is 0.705. The molecule has 22 heavy (non-hydrogen) atoms. The third-order valence-electron chi connectivity index (χ3n) is 2.39. The van der Waals surface area contributed by atoms with Crippen LogP contribution in [0.5, 0.6) is 0 Å². The van der Waals surface area contributed by atoms with Gasteiger partial charge in [0.15, 0.2) is 6.61 Å². The van der Waals surface area contributed by atoms with Crippen LogP contribution in [0.2, 0.25) is 4.34 Å². The van der Waals surface area contributed by atoms with Crippen molar-refractivity contribution in [2.45, 2.75) is 5.75 Å². The molecule has 1 N–H and O–H groups in total. The number of halogens is 1. The van der Waals surface area contributed by atoms with Crippen LogP contribution in [0.15, 0.2) is 12.1 Å². The van der Waals surface area contributed by atoms with E-state index in [9.17, 15) is 14.4 Å². The number of hydrogen-bond donors (Lipinski definition) is 1. The molecule has 0 fully saturated rings. The zero-order valence-corrected chi connectivity index (χ0v) is 14.6. The van der Waals surface area contributed by atoms with E-state index in [2.05, 4.69) is 5.32 Å². The van der Waals surface area contributed by atoms with Gasteiger partial charge in [-0.05, 0) is 12.1 Å². The summed E-state index contributed by atoms with van der Waals surface area (Å²) in [5.74, 6) is -0.389. The normalized spacial score (nSPS) is 10.1. The number of thiophene rings is 1. The van der Waals surface area contributed by atoms with Gasteiger partial charge in [-0.3, -0.25) is 14.4 Å². The van der Waals surface area contributed by atoms with E-state index in [1.54, 1.807) is 20.2 Å². The topological polar surface area (TPSA) is 75.7 Å². The van der Waals surface area contributed by atoms with Gasteiger partial charge in [0.25, 0.3) is 5.91 Å². The van der Waals surface area contributed by atoms with Crippen molar-refractivity contribution in [3.63, 3.8) is 0 Å². The molecule has 122 valence electrons. The third kappa shape index (κ3) is 7.67. The number of rotatable bonds is 8. The van der Waals surface area contributed by atoms with Crippen LogP contribution in [0, 0.1) is 0 Å². The van der Waals surface area contributed by atoms with Crippen LogP contribution >= 0.6 is 34.7 Å². The summed E-state index contributed by atoms with van der Waals surface area (Å²) in [5, 5.41) is 2.38. The van der Waals surface area contributed by atoms with E-state index < -0.39 is 11.9 Å². The maximum atomic E-state index is 11.5. The maximum Gasteiger partial charge on any atom is 0.316 e.